The van der Waals surface area contributed by atoms with Crippen LogP contribution in [-0.4, -0.2) is 82.1 Å². The number of carboxylic acids is 2. The zero-order chi connectivity index (χ0) is 25.8. The molecule has 0 spiro atoms. The van der Waals surface area contributed by atoms with Gasteiger partial charge in [-0.1, -0.05) is 18.2 Å². The molecule has 4 rings (SSSR count). The van der Waals surface area contributed by atoms with Crippen LogP contribution in [0.2, 0.25) is 0 Å². The maximum atomic E-state index is 9.55. The highest BCUT2D eigenvalue weighted by Crippen LogP contribution is 2.22. The normalized spacial score (nSPS) is 16.7. The Morgan fingerprint density at radius 3 is 2.33 bits per heavy atom. The fourth-order valence-corrected chi connectivity index (χ4v) is 3.97. The molecule has 2 aliphatic heterocycles. The third-order valence-electron chi connectivity index (χ3n) is 5.90. The van der Waals surface area contributed by atoms with Crippen LogP contribution in [-0.2, 0) is 16.0 Å². The molecule has 1 saturated heterocycles. The Morgan fingerprint density at radius 2 is 1.67 bits per heavy atom. The molecule has 0 atom stereocenters. The van der Waals surface area contributed by atoms with E-state index in [0.29, 0.717) is 12.2 Å². The maximum absolute atomic E-state index is 9.55. The number of rotatable bonds is 8. The predicted molar refractivity (Wildman–Crippen MR) is 140 cm³/mol. The highest BCUT2D eigenvalue weighted by Gasteiger charge is 2.18. The number of aryl methyl sites for hydroxylation is 2. The van der Waals surface area contributed by atoms with Gasteiger partial charge in [0.1, 0.15) is 5.84 Å². The first kappa shape index (κ1) is 26.8. The van der Waals surface area contributed by atoms with E-state index in [9.17, 15) is 9.59 Å². The third-order valence-corrected chi connectivity index (χ3v) is 5.90. The molecular formula is C26H34N6O4. The lowest BCUT2D eigenvalue weighted by atomic mass is 10.0. The largest absolute Gasteiger partial charge is 0.478 e. The summed E-state index contributed by atoms with van der Waals surface area (Å²) in [5.41, 5.74) is 3.73. The minimum Gasteiger partial charge on any atom is -0.478 e. The number of aliphatic carboxylic acids is 2. The molecular weight excluding hydrogens is 460 g/mol. The number of benzene rings is 1. The van der Waals surface area contributed by atoms with Crippen LogP contribution in [0.25, 0.3) is 0 Å². The van der Waals surface area contributed by atoms with Crippen LogP contribution in [0.4, 0.5) is 11.6 Å². The van der Waals surface area contributed by atoms with Gasteiger partial charge in [-0.2, -0.15) is 0 Å². The molecule has 1 aromatic carbocycles. The molecule has 1 aromatic heterocycles. The molecule has 10 nitrogen and oxygen atoms in total. The molecule has 0 amide bonds. The molecule has 2 aromatic rings. The van der Waals surface area contributed by atoms with Crippen LogP contribution in [0.5, 0.6) is 0 Å². The number of hydrogen-bond donors (Lipinski definition) is 3. The van der Waals surface area contributed by atoms with Gasteiger partial charge in [-0.05, 0) is 49.9 Å². The number of amidine groups is 1. The molecule has 1 fully saturated rings. The Balaban J connectivity index is 0.000000392. The average Bonchev–Trinajstić information content (AvgIpc) is 2.88. The average molecular weight is 495 g/mol. The van der Waals surface area contributed by atoms with Gasteiger partial charge in [-0.15, -0.1) is 0 Å². The Hall–Kier alpha value is -3.79. The van der Waals surface area contributed by atoms with E-state index in [1.54, 1.807) is 0 Å². The summed E-state index contributed by atoms with van der Waals surface area (Å²) in [5, 5.41) is 19.1. The highest BCUT2D eigenvalue weighted by atomic mass is 16.4. The first-order valence-electron chi connectivity index (χ1n) is 12.2. The smallest absolute Gasteiger partial charge is 0.328 e. The number of nitrogens with one attached hydrogen (secondary N) is 1. The Labute approximate surface area is 211 Å². The number of anilines is 2. The number of piperazine rings is 1. The van der Waals surface area contributed by atoms with Crippen molar-refractivity contribution in [3.63, 3.8) is 0 Å². The topological polar surface area (TPSA) is 131 Å². The number of hydrogen-bond acceptors (Lipinski definition) is 7. The van der Waals surface area contributed by atoms with E-state index < -0.39 is 11.9 Å². The summed E-state index contributed by atoms with van der Waals surface area (Å²) in [7, 11) is 0. The van der Waals surface area contributed by atoms with E-state index in [0.717, 1.165) is 75.9 Å². The Bertz CT molecular complexity index is 1050. The first-order valence-corrected chi connectivity index (χ1v) is 12.2. The van der Waals surface area contributed by atoms with Gasteiger partial charge in [-0.25, -0.2) is 19.6 Å². The van der Waals surface area contributed by atoms with E-state index in [4.69, 9.17) is 15.2 Å². The molecule has 36 heavy (non-hydrogen) atoms. The lowest BCUT2D eigenvalue weighted by Crippen LogP contribution is -2.47. The molecule has 0 unspecified atom stereocenters. The van der Waals surface area contributed by atoms with E-state index in [1.807, 2.05) is 19.3 Å². The van der Waals surface area contributed by atoms with Gasteiger partial charge < -0.3 is 20.4 Å². The fourth-order valence-electron chi connectivity index (χ4n) is 3.97. The fraction of sp³-hybridized carbons (Fsp3) is 0.423. The van der Waals surface area contributed by atoms with Crippen LogP contribution in [0.1, 0.15) is 30.4 Å². The number of aliphatic imine (C=N–C) groups is 1. The van der Waals surface area contributed by atoms with Crippen molar-refractivity contribution in [1.29, 1.82) is 0 Å². The molecule has 0 bridgehead atoms. The number of aromatic nitrogens is 2. The second kappa shape index (κ2) is 13.9. The zero-order valence-electron chi connectivity index (χ0n) is 20.6. The zero-order valence-corrected chi connectivity index (χ0v) is 20.6. The van der Waals surface area contributed by atoms with Gasteiger partial charge in [0.2, 0.25) is 5.95 Å². The van der Waals surface area contributed by atoms with Crippen molar-refractivity contribution in [2.24, 2.45) is 4.99 Å². The van der Waals surface area contributed by atoms with Gasteiger partial charge in [0, 0.05) is 69.4 Å². The van der Waals surface area contributed by atoms with Gasteiger partial charge in [0.15, 0.2) is 0 Å². The van der Waals surface area contributed by atoms with Crippen molar-refractivity contribution >= 4 is 29.4 Å². The van der Waals surface area contributed by atoms with Crippen molar-refractivity contribution < 1.29 is 19.8 Å². The van der Waals surface area contributed by atoms with E-state index in [2.05, 4.69) is 49.4 Å². The highest BCUT2D eigenvalue weighted by molar-refractivity contribution is 5.98. The number of carboxylic acid groups (broad SMARTS) is 2. The number of carbonyl (C=O) groups is 2. The van der Waals surface area contributed by atoms with Crippen LogP contribution >= 0.6 is 0 Å². The summed E-state index contributed by atoms with van der Waals surface area (Å²) in [6, 6.07) is 8.53. The van der Waals surface area contributed by atoms with Crippen molar-refractivity contribution in [1.82, 2.24) is 14.9 Å². The van der Waals surface area contributed by atoms with Crippen molar-refractivity contribution in [3.05, 3.63) is 59.9 Å². The minimum absolute atomic E-state index is 0.558. The minimum atomic E-state index is -1.26. The standard InChI is InChI=1S/C22H30N6.C4H4O4/c1-18-16-24-22(25-17-18)28-14-12-27(13-15-28)11-5-4-10-23-21-9-8-19-6-2-3-7-20(19)26-21;5-3(6)1-2-4(7)8/h2-3,6-7,16-17H,4-5,8-15H2,1H3,(H,23,26);1-2H,(H,5,6)(H,7,8). The molecule has 192 valence electrons. The molecule has 2 aliphatic rings. The van der Waals surface area contributed by atoms with Crippen LogP contribution in [0.15, 0.2) is 53.8 Å². The number of nitrogens with zero attached hydrogens (tertiary/aromatic N) is 5. The quantitative estimate of drug-likeness (QED) is 0.374. The van der Waals surface area contributed by atoms with E-state index in [1.165, 1.54) is 17.7 Å². The summed E-state index contributed by atoms with van der Waals surface area (Å²) >= 11 is 0. The monoisotopic (exact) mass is 494 g/mol. The third kappa shape index (κ3) is 9.10. The van der Waals surface area contributed by atoms with Crippen LogP contribution < -0.4 is 10.2 Å². The van der Waals surface area contributed by atoms with Crippen LogP contribution in [0, 0.1) is 6.92 Å². The summed E-state index contributed by atoms with van der Waals surface area (Å²) in [6.07, 6.45) is 9.39. The predicted octanol–water partition coefficient (Wildman–Crippen LogP) is 2.86. The summed E-state index contributed by atoms with van der Waals surface area (Å²) in [4.78, 5) is 37.6. The lowest BCUT2D eigenvalue weighted by molar-refractivity contribution is -0.134. The second-order valence-electron chi connectivity index (χ2n) is 8.72. The van der Waals surface area contributed by atoms with Gasteiger partial charge in [0.05, 0.1) is 0 Å². The molecule has 3 N–H and O–H groups in total. The number of unbranched alkanes of at least 4 members (excludes halogenated alkanes) is 1. The van der Waals surface area contributed by atoms with E-state index in [-0.39, 0.29) is 0 Å². The van der Waals surface area contributed by atoms with Crippen molar-refractivity contribution in [2.45, 2.75) is 32.6 Å². The Morgan fingerprint density at radius 1 is 1.00 bits per heavy atom. The Kier molecular flexibility index (Phi) is 10.4. The van der Waals surface area contributed by atoms with E-state index >= 15 is 0 Å². The molecule has 0 aliphatic carbocycles. The molecule has 0 saturated carbocycles. The molecule has 10 heteroatoms. The molecule has 3 heterocycles. The van der Waals surface area contributed by atoms with Crippen molar-refractivity contribution in [3.8, 4) is 0 Å². The summed E-state index contributed by atoms with van der Waals surface area (Å²) < 4.78 is 0. The van der Waals surface area contributed by atoms with Crippen LogP contribution in [0.3, 0.4) is 0 Å². The SMILES string of the molecule is Cc1cnc(N2CCN(CCCCN=C3CCc4ccccc4N3)CC2)nc1.O=C(O)C=CC(=O)O. The van der Waals surface area contributed by atoms with Gasteiger partial charge in [-0.3, -0.25) is 9.89 Å². The second-order valence-corrected chi connectivity index (χ2v) is 8.72. The number of para-hydroxylation sites is 1. The first-order chi connectivity index (χ1) is 17.4. The maximum Gasteiger partial charge on any atom is 0.328 e. The van der Waals surface area contributed by atoms with Crippen molar-refractivity contribution in [2.75, 3.05) is 49.5 Å². The van der Waals surface area contributed by atoms with Gasteiger partial charge in [0.25, 0.3) is 0 Å². The summed E-state index contributed by atoms with van der Waals surface area (Å²) in [5.74, 6) is -0.507. The number of fused-ring (bicyclic) bond motifs is 1. The summed E-state index contributed by atoms with van der Waals surface area (Å²) in [6.45, 7) is 8.29. The van der Waals surface area contributed by atoms with Gasteiger partial charge >= 0.3 is 11.9 Å². The lowest BCUT2D eigenvalue weighted by Gasteiger charge is -2.34. The molecule has 0 radical (unpaired) electrons.